The van der Waals surface area contributed by atoms with Gasteiger partial charge in [-0.15, -0.1) is 11.3 Å². The highest BCUT2D eigenvalue weighted by Gasteiger charge is 2.00. The lowest BCUT2D eigenvalue weighted by Gasteiger charge is -2.12. The minimum absolute atomic E-state index is 0.810. The van der Waals surface area contributed by atoms with Gasteiger partial charge in [0.1, 0.15) is 0 Å². The number of rotatable bonds is 7. The maximum atomic E-state index is 4.63. The van der Waals surface area contributed by atoms with Gasteiger partial charge in [0, 0.05) is 43.3 Å². The molecule has 22 heavy (non-hydrogen) atoms. The molecule has 0 aromatic carbocycles. The number of guanidine groups is 1. The van der Waals surface area contributed by atoms with Gasteiger partial charge in [-0.1, -0.05) is 6.07 Å². The van der Waals surface area contributed by atoms with Crippen LogP contribution in [0.25, 0.3) is 0 Å². The first-order chi connectivity index (χ1) is 10.8. The van der Waals surface area contributed by atoms with Crippen molar-refractivity contribution in [2.75, 3.05) is 19.6 Å². The van der Waals surface area contributed by atoms with Gasteiger partial charge in [-0.3, -0.25) is 9.98 Å². The molecule has 0 bridgehead atoms. The first-order valence-corrected chi connectivity index (χ1v) is 8.61. The van der Waals surface area contributed by atoms with Crippen molar-refractivity contribution in [2.24, 2.45) is 4.99 Å². The van der Waals surface area contributed by atoms with Crippen molar-refractivity contribution in [2.45, 2.75) is 26.7 Å². The van der Waals surface area contributed by atoms with E-state index in [0.29, 0.717) is 0 Å². The van der Waals surface area contributed by atoms with Crippen LogP contribution >= 0.6 is 11.3 Å². The molecule has 0 aliphatic rings. The van der Waals surface area contributed by atoms with E-state index in [1.54, 1.807) is 11.3 Å². The smallest absolute Gasteiger partial charge is 0.191 e. The van der Waals surface area contributed by atoms with Gasteiger partial charge < -0.3 is 10.6 Å². The SMILES string of the molecule is CCNC(=NCCc1cccs1)NCCc1ccncc1C. The number of nitrogens with zero attached hydrogens (tertiary/aromatic N) is 2. The van der Waals surface area contributed by atoms with E-state index in [1.807, 2.05) is 12.4 Å². The summed E-state index contributed by atoms with van der Waals surface area (Å²) in [6.07, 6.45) is 5.74. The molecule has 0 aliphatic carbocycles. The molecule has 2 aromatic rings. The van der Waals surface area contributed by atoms with E-state index in [9.17, 15) is 0 Å². The van der Waals surface area contributed by atoms with Crippen molar-refractivity contribution in [1.29, 1.82) is 0 Å². The molecule has 0 saturated carbocycles. The van der Waals surface area contributed by atoms with Crippen molar-refractivity contribution in [1.82, 2.24) is 15.6 Å². The highest BCUT2D eigenvalue weighted by molar-refractivity contribution is 7.09. The number of pyridine rings is 1. The predicted octanol–water partition coefficient (Wildman–Crippen LogP) is 2.79. The van der Waals surface area contributed by atoms with E-state index in [4.69, 9.17) is 0 Å². The fraction of sp³-hybridized carbons (Fsp3) is 0.412. The van der Waals surface area contributed by atoms with Gasteiger partial charge in [0.15, 0.2) is 5.96 Å². The summed E-state index contributed by atoms with van der Waals surface area (Å²) in [6.45, 7) is 6.74. The van der Waals surface area contributed by atoms with E-state index < -0.39 is 0 Å². The molecule has 2 N–H and O–H groups in total. The number of thiophene rings is 1. The van der Waals surface area contributed by atoms with Crippen LogP contribution in [0.2, 0.25) is 0 Å². The fourth-order valence-electron chi connectivity index (χ4n) is 2.17. The van der Waals surface area contributed by atoms with Crippen LogP contribution < -0.4 is 10.6 Å². The van der Waals surface area contributed by atoms with Gasteiger partial charge in [0.05, 0.1) is 0 Å². The lowest BCUT2D eigenvalue weighted by Crippen LogP contribution is -2.38. The summed E-state index contributed by atoms with van der Waals surface area (Å²) >= 11 is 1.79. The summed E-state index contributed by atoms with van der Waals surface area (Å²) in [7, 11) is 0. The summed E-state index contributed by atoms with van der Waals surface area (Å²) in [5.41, 5.74) is 2.57. The van der Waals surface area contributed by atoms with Crippen molar-refractivity contribution < 1.29 is 0 Å². The summed E-state index contributed by atoms with van der Waals surface area (Å²) in [5, 5.41) is 8.80. The van der Waals surface area contributed by atoms with E-state index in [0.717, 1.165) is 38.4 Å². The van der Waals surface area contributed by atoms with Crippen molar-refractivity contribution in [3.8, 4) is 0 Å². The van der Waals surface area contributed by atoms with Gasteiger partial charge in [0.2, 0.25) is 0 Å². The Bertz CT molecular complexity index is 578. The highest BCUT2D eigenvalue weighted by Crippen LogP contribution is 2.08. The number of nitrogens with one attached hydrogen (secondary N) is 2. The quantitative estimate of drug-likeness (QED) is 0.610. The molecule has 0 radical (unpaired) electrons. The van der Waals surface area contributed by atoms with Crippen LogP contribution in [0.5, 0.6) is 0 Å². The Hall–Kier alpha value is -1.88. The van der Waals surface area contributed by atoms with Gasteiger partial charge >= 0.3 is 0 Å². The van der Waals surface area contributed by atoms with Crippen molar-refractivity contribution in [3.05, 3.63) is 52.0 Å². The summed E-state index contributed by atoms with van der Waals surface area (Å²) < 4.78 is 0. The average Bonchev–Trinajstić information content (AvgIpc) is 3.02. The molecular weight excluding hydrogens is 292 g/mol. The minimum atomic E-state index is 0.810. The molecule has 0 spiro atoms. The average molecular weight is 316 g/mol. The Balaban J connectivity index is 1.79. The zero-order valence-corrected chi connectivity index (χ0v) is 14.1. The number of hydrogen-bond acceptors (Lipinski definition) is 3. The minimum Gasteiger partial charge on any atom is -0.357 e. The van der Waals surface area contributed by atoms with Crippen LogP contribution in [0.3, 0.4) is 0 Å². The maximum Gasteiger partial charge on any atom is 0.191 e. The molecule has 0 saturated heterocycles. The summed E-state index contributed by atoms with van der Waals surface area (Å²) in [4.78, 5) is 10.1. The fourth-order valence-corrected chi connectivity index (χ4v) is 2.87. The molecule has 5 heteroatoms. The molecule has 0 aliphatic heterocycles. The molecule has 0 atom stereocenters. The van der Waals surface area contributed by atoms with Gasteiger partial charge in [-0.05, 0) is 48.9 Å². The second kappa shape index (κ2) is 9.20. The number of hydrogen-bond donors (Lipinski definition) is 2. The second-order valence-electron chi connectivity index (χ2n) is 5.07. The molecule has 0 unspecified atom stereocenters. The topological polar surface area (TPSA) is 49.3 Å². The Kier molecular flexibility index (Phi) is 6.90. The van der Waals surface area contributed by atoms with Crippen LogP contribution in [0.15, 0.2) is 41.0 Å². The molecule has 118 valence electrons. The zero-order chi connectivity index (χ0) is 15.6. The molecule has 2 rings (SSSR count). The number of aromatic nitrogens is 1. The van der Waals surface area contributed by atoms with Crippen LogP contribution in [0.1, 0.15) is 22.9 Å². The Labute approximate surface area is 136 Å². The Morgan fingerprint density at radius 2 is 2.18 bits per heavy atom. The number of aliphatic imine (C=N–C) groups is 1. The summed E-state index contributed by atoms with van der Waals surface area (Å²) in [5.74, 6) is 0.894. The molecule has 0 amide bonds. The van der Waals surface area contributed by atoms with E-state index in [1.165, 1.54) is 16.0 Å². The maximum absolute atomic E-state index is 4.63. The molecule has 4 nitrogen and oxygen atoms in total. The van der Waals surface area contributed by atoms with Gasteiger partial charge in [-0.2, -0.15) is 0 Å². The van der Waals surface area contributed by atoms with Crippen molar-refractivity contribution >= 4 is 17.3 Å². The third kappa shape index (κ3) is 5.48. The van der Waals surface area contributed by atoms with Crippen molar-refractivity contribution in [3.63, 3.8) is 0 Å². The third-order valence-electron chi connectivity index (χ3n) is 3.38. The second-order valence-corrected chi connectivity index (χ2v) is 6.10. The normalized spacial score (nSPS) is 11.5. The van der Waals surface area contributed by atoms with Crippen LogP contribution in [0.4, 0.5) is 0 Å². The lowest BCUT2D eigenvalue weighted by atomic mass is 10.1. The predicted molar refractivity (Wildman–Crippen MR) is 94.7 cm³/mol. The monoisotopic (exact) mass is 316 g/mol. The standard InChI is InChI=1S/C17H24N4S/c1-3-19-17(21-11-8-16-5-4-12-22-16)20-10-7-15-6-9-18-13-14(15)2/h4-6,9,12-13H,3,7-8,10-11H2,1-2H3,(H2,19,20,21). The van der Waals surface area contributed by atoms with E-state index in [-0.39, 0.29) is 0 Å². The highest BCUT2D eigenvalue weighted by atomic mass is 32.1. The molecule has 2 aromatic heterocycles. The van der Waals surface area contributed by atoms with Gasteiger partial charge in [-0.25, -0.2) is 0 Å². The zero-order valence-electron chi connectivity index (χ0n) is 13.3. The third-order valence-corrected chi connectivity index (χ3v) is 4.31. The Morgan fingerprint density at radius 3 is 2.91 bits per heavy atom. The summed E-state index contributed by atoms with van der Waals surface area (Å²) in [6, 6.07) is 6.33. The Morgan fingerprint density at radius 1 is 1.27 bits per heavy atom. The van der Waals surface area contributed by atoms with Crippen LogP contribution in [-0.2, 0) is 12.8 Å². The first-order valence-electron chi connectivity index (χ1n) is 7.73. The molecule has 2 heterocycles. The van der Waals surface area contributed by atoms with E-state index >= 15 is 0 Å². The molecule has 0 fully saturated rings. The van der Waals surface area contributed by atoms with Gasteiger partial charge in [0.25, 0.3) is 0 Å². The largest absolute Gasteiger partial charge is 0.357 e. The lowest BCUT2D eigenvalue weighted by molar-refractivity contribution is 0.794. The van der Waals surface area contributed by atoms with Crippen LogP contribution in [0, 0.1) is 6.92 Å². The number of aryl methyl sites for hydroxylation is 1. The first kappa shape index (κ1) is 16.5. The van der Waals surface area contributed by atoms with Crippen LogP contribution in [-0.4, -0.2) is 30.6 Å². The molecular formula is C17H24N4S. The van der Waals surface area contributed by atoms with E-state index in [2.05, 4.69) is 58.0 Å².